The number of carbonyl (C=O) groups is 1. The highest BCUT2D eigenvalue weighted by Crippen LogP contribution is 2.18. The third-order valence-corrected chi connectivity index (χ3v) is 1.62. The van der Waals surface area contributed by atoms with Crippen LogP contribution in [0.4, 0.5) is 0 Å². The lowest BCUT2D eigenvalue weighted by molar-refractivity contribution is -0.142. The van der Waals surface area contributed by atoms with E-state index in [9.17, 15) is 4.79 Å². The second kappa shape index (κ2) is 3.69. The van der Waals surface area contributed by atoms with Crippen LogP contribution >= 0.6 is 0 Å². The molecular formula is C7H15NO3. The van der Waals surface area contributed by atoms with Gasteiger partial charge in [0.25, 0.3) is 0 Å². The minimum Gasteiger partial charge on any atom is -0.480 e. The zero-order valence-corrected chi connectivity index (χ0v) is 7.13. The molecule has 0 aromatic rings. The summed E-state index contributed by atoms with van der Waals surface area (Å²) >= 11 is 0. The smallest absolute Gasteiger partial charge is 0.321 e. The standard InChI is InChI=1S/C7H15NO3/c1-7(2,4-11-3)5(8)6(9)10/h5H,4,8H2,1-3H3,(H,9,10)/t5-/m0/s1. The molecule has 0 aromatic heterocycles. The van der Waals surface area contributed by atoms with Crippen molar-refractivity contribution in [3.63, 3.8) is 0 Å². The Morgan fingerprint density at radius 1 is 1.73 bits per heavy atom. The number of methoxy groups -OCH3 is 1. The summed E-state index contributed by atoms with van der Waals surface area (Å²) < 4.78 is 4.83. The summed E-state index contributed by atoms with van der Waals surface area (Å²) in [4.78, 5) is 10.4. The highest BCUT2D eigenvalue weighted by atomic mass is 16.5. The Bertz CT molecular complexity index is 145. The molecular weight excluding hydrogens is 146 g/mol. The number of hydrogen-bond donors (Lipinski definition) is 2. The Hall–Kier alpha value is -0.610. The van der Waals surface area contributed by atoms with Gasteiger partial charge >= 0.3 is 5.97 Å². The molecule has 0 spiro atoms. The summed E-state index contributed by atoms with van der Waals surface area (Å²) in [5.41, 5.74) is 4.89. The van der Waals surface area contributed by atoms with Crippen LogP contribution in [0.2, 0.25) is 0 Å². The molecule has 0 aliphatic carbocycles. The number of carboxylic acid groups (broad SMARTS) is 1. The molecule has 4 heteroatoms. The van der Waals surface area contributed by atoms with E-state index < -0.39 is 17.4 Å². The summed E-state index contributed by atoms with van der Waals surface area (Å²) in [5, 5.41) is 8.56. The molecule has 0 radical (unpaired) electrons. The van der Waals surface area contributed by atoms with E-state index in [-0.39, 0.29) is 0 Å². The first-order valence-corrected chi connectivity index (χ1v) is 3.39. The largest absolute Gasteiger partial charge is 0.480 e. The van der Waals surface area contributed by atoms with Crippen LogP contribution in [0, 0.1) is 5.41 Å². The van der Waals surface area contributed by atoms with Crippen molar-refractivity contribution in [3.8, 4) is 0 Å². The Balaban J connectivity index is 4.16. The minimum atomic E-state index is -0.993. The summed E-state index contributed by atoms with van der Waals surface area (Å²) in [6.45, 7) is 3.87. The van der Waals surface area contributed by atoms with Gasteiger partial charge in [-0.2, -0.15) is 0 Å². The van der Waals surface area contributed by atoms with Gasteiger partial charge in [-0.25, -0.2) is 0 Å². The fourth-order valence-corrected chi connectivity index (χ4v) is 0.796. The van der Waals surface area contributed by atoms with E-state index in [0.29, 0.717) is 6.61 Å². The van der Waals surface area contributed by atoms with Crippen molar-refractivity contribution in [1.82, 2.24) is 0 Å². The molecule has 0 amide bonds. The lowest BCUT2D eigenvalue weighted by Gasteiger charge is -2.27. The van der Waals surface area contributed by atoms with E-state index in [0.717, 1.165) is 0 Å². The van der Waals surface area contributed by atoms with Crippen molar-refractivity contribution in [3.05, 3.63) is 0 Å². The average Bonchev–Trinajstić information content (AvgIpc) is 1.86. The van der Waals surface area contributed by atoms with Gasteiger partial charge in [-0.15, -0.1) is 0 Å². The molecule has 66 valence electrons. The van der Waals surface area contributed by atoms with Crippen molar-refractivity contribution in [1.29, 1.82) is 0 Å². The van der Waals surface area contributed by atoms with Gasteiger partial charge in [-0.05, 0) is 0 Å². The molecule has 0 bridgehead atoms. The van der Waals surface area contributed by atoms with Crippen molar-refractivity contribution in [2.24, 2.45) is 11.1 Å². The minimum absolute atomic E-state index is 0.348. The van der Waals surface area contributed by atoms with Crippen LogP contribution in [0.1, 0.15) is 13.8 Å². The van der Waals surface area contributed by atoms with E-state index in [1.165, 1.54) is 7.11 Å². The number of carboxylic acids is 1. The van der Waals surface area contributed by atoms with Crippen LogP contribution in [-0.4, -0.2) is 30.8 Å². The average molecular weight is 161 g/mol. The van der Waals surface area contributed by atoms with E-state index in [1.54, 1.807) is 13.8 Å². The third kappa shape index (κ3) is 2.86. The molecule has 0 rings (SSSR count). The maximum atomic E-state index is 10.4. The monoisotopic (exact) mass is 161 g/mol. The zero-order chi connectivity index (χ0) is 9.07. The molecule has 0 fully saturated rings. The Labute approximate surface area is 66.3 Å². The van der Waals surface area contributed by atoms with Gasteiger partial charge in [0.05, 0.1) is 6.61 Å². The third-order valence-electron chi connectivity index (χ3n) is 1.62. The van der Waals surface area contributed by atoms with Gasteiger partial charge in [-0.1, -0.05) is 13.8 Å². The summed E-state index contributed by atoms with van der Waals surface area (Å²) in [7, 11) is 1.52. The number of ether oxygens (including phenoxy) is 1. The quantitative estimate of drug-likeness (QED) is 0.612. The highest BCUT2D eigenvalue weighted by molar-refractivity contribution is 5.74. The lowest BCUT2D eigenvalue weighted by Crippen LogP contribution is -2.46. The SMILES string of the molecule is COCC(C)(C)[C@@H](N)C(=O)O. The van der Waals surface area contributed by atoms with Crippen LogP contribution in [0.15, 0.2) is 0 Å². The van der Waals surface area contributed by atoms with Crippen LogP contribution in [0.5, 0.6) is 0 Å². The van der Waals surface area contributed by atoms with Crippen molar-refractivity contribution >= 4 is 5.97 Å². The molecule has 1 atom stereocenters. The van der Waals surface area contributed by atoms with Crippen LogP contribution in [0.25, 0.3) is 0 Å². The van der Waals surface area contributed by atoms with Gasteiger partial charge in [-0.3, -0.25) is 4.79 Å². The number of nitrogens with two attached hydrogens (primary N) is 1. The van der Waals surface area contributed by atoms with Crippen molar-refractivity contribution < 1.29 is 14.6 Å². The molecule has 0 aliphatic heterocycles. The van der Waals surface area contributed by atoms with Crippen LogP contribution < -0.4 is 5.73 Å². The molecule has 0 heterocycles. The zero-order valence-electron chi connectivity index (χ0n) is 7.13. The second-order valence-corrected chi connectivity index (χ2v) is 3.24. The first-order chi connectivity index (χ1) is 4.91. The summed E-state index contributed by atoms with van der Waals surface area (Å²) in [5.74, 6) is -0.993. The first-order valence-electron chi connectivity index (χ1n) is 3.39. The fourth-order valence-electron chi connectivity index (χ4n) is 0.796. The summed E-state index contributed by atoms with van der Waals surface area (Å²) in [6, 6.07) is -0.873. The molecule has 4 nitrogen and oxygen atoms in total. The predicted octanol–water partition coefficient (Wildman–Crippen LogP) is 0.0709. The normalized spacial score (nSPS) is 14.5. The van der Waals surface area contributed by atoms with E-state index in [4.69, 9.17) is 15.6 Å². The number of aliphatic carboxylic acids is 1. The Morgan fingerprint density at radius 3 is 2.45 bits per heavy atom. The fraction of sp³-hybridized carbons (Fsp3) is 0.857. The number of hydrogen-bond acceptors (Lipinski definition) is 3. The molecule has 3 N–H and O–H groups in total. The molecule has 0 aliphatic rings. The molecule has 0 saturated heterocycles. The summed E-state index contributed by atoms with van der Waals surface area (Å²) in [6.07, 6.45) is 0. The predicted molar refractivity (Wildman–Crippen MR) is 41.3 cm³/mol. The van der Waals surface area contributed by atoms with Gasteiger partial charge < -0.3 is 15.6 Å². The van der Waals surface area contributed by atoms with Crippen LogP contribution in [-0.2, 0) is 9.53 Å². The van der Waals surface area contributed by atoms with E-state index in [2.05, 4.69) is 0 Å². The molecule has 11 heavy (non-hydrogen) atoms. The van der Waals surface area contributed by atoms with E-state index >= 15 is 0 Å². The van der Waals surface area contributed by atoms with E-state index in [1.807, 2.05) is 0 Å². The lowest BCUT2D eigenvalue weighted by atomic mass is 9.86. The highest BCUT2D eigenvalue weighted by Gasteiger charge is 2.31. The van der Waals surface area contributed by atoms with Gasteiger partial charge in [0.2, 0.25) is 0 Å². The maximum Gasteiger partial charge on any atom is 0.321 e. The topological polar surface area (TPSA) is 72.5 Å². The van der Waals surface area contributed by atoms with Gasteiger partial charge in [0.1, 0.15) is 6.04 Å². The Morgan fingerprint density at radius 2 is 2.18 bits per heavy atom. The van der Waals surface area contributed by atoms with Crippen molar-refractivity contribution in [2.45, 2.75) is 19.9 Å². The number of rotatable bonds is 4. The molecule has 0 unspecified atom stereocenters. The van der Waals surface area contributed by atoms with Gasteiger partial charge in [0, 0.05) is 12.5 Å². The molecule has 0 saturated carbocycles. The van der Waals surface area contributed by atoms with Crippen molar-refractivity contribution in [2.75, 3.05) is 13.7 Å². The van der Waals surface area contributed by atoms with Gasteiger partial charge in [0.15, 0.2) is 0 Å². The second-order valence-electron chi connectivity index (χ2n) is 3.24. The maximum absolute atomic E-state index is 10.4. The first kappa shape index (κ1) is 10.4. The molecule has 0 aromatic carbocycles. The Kier molecular flexibility index (Phi) is 3.48. The van der Waals surface area contributed by atoms with Crippen LogP contribution in [0.3, 0.4) is 0 Å².